The number of hydrogen-bond acceptors (Lipinski definition) is 1. The van der Waals surface area contributed by atoms with E-state index in [0.717, 1.165) is 28.3 Å². The Bertz CT molecular complexity index is 2930. The van der Waals surface area contributed by atoms with E-state index in [9.17, 15) is 0 Å². The van der Waals surface area contributed by atoms with Gasteiger partial charge in [0.2, 0.25) is 0 Å². The van der Waals surface area contributed by atoms with Gasteiger partial charge in [0.25, 0.3) is 0 Å². The molecule has 0 radical (unpaired) electrons. The average molecular weight is 689 g/mol. The molecule has 0 N–H and O–H groups in total. The summed E-state index contributed by atoms with van der Waals surface area (Å²) in [7, 11) is 0. The molecule has 0 saturated heterocycles. The number of anilines is 3. The second kappa shape index (κ2) is 13.4. The summed E-state index contributed by atoms with van der Waals surface area (Å²) in [5, 5.41) is 4.86. The first-order valence-corrected chi connectivity index (χ1v) is 18.5. The summed E-state index contributed by atoms with van der Waals surface area (Å²) in [6.45, 7) is 0. The Morgan fingerprint density at radius 3 is 1.56 bits per heavy atom. The van der Waals surface area contributed by atoms with Crippen molar-refractivity contribution in [3.05, 3.63) is 218 Å². The van der Waals surface area contributed by atoms with Crippen LogP contribution in [0.25, 0.3) is 71.6 Å². The Morgan fingerprint density at radius 2 is 0.778 bits per heavy atom. The van der Waals surface area contributed by atoms with Crippen molar-refractivity contribution in [3.63, 3.8) is 0 Å². The molecule has 0 spiro atoms. The van der Waals surface area contributed by atoms with E-state index in [1.807, 2.05) is 0 Å². The van der Waals surface area contributed by atoms with Gasteiger partial charge in [-0.1, -0.05) is 182 Å². The fraction of sp³-hybridized carbons (Fsp3) is 0. The lowest BCUT2D eigenvalue weighted by Crippen LogP contribution is -2.13. The lowest BCUT2D eigenvalue weighted by atomic mass is 9.95. The molecule has 10 aromatic rings. The van der Waals surface area contributed by atoms with Crippen molar-refractivity contribution in [3.8, 4) is 39.1 Å². The van der Waals surface area contributed by atoms with Gasteiger partial charge in [-0.05, 0) is 63.9 Å². The van der Waals surface area contributed by atoms with Gasteiger partial charge in [0, 0.05) is 27.5 Å². The van der Waals surface area contributed by atoms with Crippen LogP contribution in [-0.2, 0) is 0 Å². The zero-order chi connectivity index (χ0) is 35.8. The second-order valence-electron chi connectivity index (χ2n) is 13.7. The molecule has 0 amide bonds. The van der Waals surface area contributed by atoms with Gasteiger partial charge in [-0.2, -0.15) is 0 Å². The highest BCUT2D eigenvalue weighted by Gasteiger charge is 2.25. The standard InChI is InChI=1S/C52H36N2/c1-3-19-38(20-4-1)41-26-9-13-31-46(41)53(48-33-15-11-28-44(48)43-30-17-24-37-23-7-8-25-40(37)43)50-35-18-36-51-52(50)45-29-12-16-34-49(45)54(51)47-32-14-10-27-42(47)39-21-5-2-6-22-39/h1-36H. The molecule has 2 heteroatoms. The van der Waals surface area contributed by atoms with Crippen molar-refractivity contribution >= 4 is 49.6 Å². The van der Waals surface area contributed by atoms with E-state index < -0.39 is 0 Å². The highest BCUT2D eigenvalue weighted by atomic mass is 15.2. The minimum atomic E-state index is 1.12. The van der Waals surface area contributed by atoms with Crippen molar-refractivity contribution in [2.45, 2.75) is 0 Å². The van der Waals surface area contributed by atoms with Crippen LogP contribution in [-0.4, -0.2) is 4.57 Å². The maximum atomic E-state index is 2.50. The Hall–Kier alpha value is -7.16. The predicted octanol–water partition coefficient (Wildman–Crippen LogP) is 14.4. The maximum Gasteiger partial charge on any atom is 0.0562 e. The number of fused-ring (bicyclic) bond motifs is 4. The van der Waals surface area contributed by atoms with Crippen LogP contribution in [0.2, 0.25) is 0 Å². The third-order valence-electron chi connectivity index (χ3n) is 10.6. The first kappa shape index (κ1) is 31.6. The predicted molar refractivity (Wildman–Crippen MR) is 229 cm³/mol. The molecule has 0 bridgehead atoms. The van der Waals surface area contributed by atoms with Crippen LogP contribution in [0.15, 0.2) is 218 Å². The van der Waals surface area contributed by atoms with Crippen LogP contribution in [0.4, 0.5) is 17.1 Å². The third-order valence-corrected chi connectivity index (χ3v) is 10.6. The Labute approximate surface area is 315 Å². The van der Waals surface area contributed by atoms with Crippen molar-refractivity contribution in [1.29, 1.82) is 0 Å². The smallest absolute Gasteiger partial charge is 0.0562 e. The molecule has 0 fully saturated rings. The summed E-state index contributed by atoms with van der Waals surface area (Å²) >= 11 is 0. The van der Waals surface area contributed by atoms with E-state index >= 15 is 0 Å². The zero-order valence-corrected chi connectivity index (χ0v) is 29.7. The third kappa shape index (κ3) is 5.27. The normalized spacial score (nSPS) is 11.3. The van der Waals surface area contributed by atoms with Gasteiger partial charge in [0.15, 0.2) is 0 Å². The molecule has 9 aromatic carbocycles. The molecule has 0 aliphatic carbocycles. The molecule has 54 heavy (non-hydrogen) atoms. The number of para-hydroxylation sites is 4. The van der Waals surface area contributed by atoms with E-state index in [2.05, 4.69) is 228 Å². The van der Waals surface area contributed by atoms with Gasteiger partial charge in [-0.25, -0.2) is 0 Å². The van der Waals surface area contributed by atoms with Gasteiger partial charge in [-0.15, -0.1) is 0 Å². The monoisotopic (exact) mass is 688 g/mol. The maximum absolute atomic E-state index is 2.50. The number of nitrogens with zero attached hydrogens (tertiary/aromatic N) is 2. The molecule has 1 aromatic heterocycles. The molecule has 0 aliphatic rings. The van der Waals surface area contributed by atoms with E-state index in [-0.39, 0.29) is 0 Å². The fourth-order valence-corrected chi connectivity index (χ4v) is 8.25. The molecule has 1 heterocycles. The Kier molecular flexibility index (Phi) is 7.85. The van der Waals surface area contributed by atoms with Crippen LogP contribution >= 0.6 is 0 Å². The van der Waals surface area contributed by atoms with Crippen LogP contribution < -0.4 is 4.90 Å². The first-order chi connectivity index (χ1) is 26.8. The van der Waals surface area contributed by atoms with E-state index in [1.165, 1.54) is 60.4 Å². The Morgan fingerprint density at radius 1 is 0.296 bits per heavy atom. The summed E-state index contributed by atoms with van der Waals surface area (Å²) in [5.41, 5.74) is 13.9. The number of hydrogen-bond donors (Lipinski definition) is 0. The zero-order valence-electron chi connectivity index (χ0n) is 29.7. The van der Waals surface area contributed by atoms with Gasteiger partial charge in [0.05, 0.1) is 33.8 Å². The molecule has 0 saturated carbocycles. The molecular formula is C52H36N2. The minimum absolute atomic E-state index is 1.12. The first-order valence-electron chi connectivity index (χ1n) is 18.5. The lowest BCUT2D eigenvalue weighted by Gasteiger charge is -2.31. The van der Waals surface area contributed by atoms with Crippen LogP contribution in [0.1, 0.15) is 0 Å². The minimum Gasteiger partial charge on any atom is -0.309 e. The topological polar surface area (TPSA) is 8.17 Å². The number of rotatable bonds is 7. The number of benzene rings is 9. The van der Waals surface area contributed by atoms with Gasteiger partial charge >= 0.3 is 0 Å². The number of aromatic nitrogens is 1. The lowest BCUT2D eigenvalue weighted by molar-refractivity contribution is 1.18. The molecule has 2 nitrogen and oxygen atoms in total. The van der Waals surface area contributed by atoms with Crippen LogP contribution in [0, 0.1) is 0 Å². The molecular weight excluding hydrogens is 653 g/mol. The van der Waals surface area contributed by atoms with E-state index in [1.54, 1.807) is 0 Å². The summed E-state index contributed by atoms with van der Waals surface area (Å²) in [5.74, 6) is 0. The fourth-order valence-electron chi connectivity index (χ4n) is 8.25. The molecule has 254 valence electrons. The molecule has 0 atom stereocenters. The Balaban J connectivity index is 1.31. The van der Waals surface area contributed by atoms with Crippen molar-refractivity contribution in [2.24, 2.45) is 0 Å². The molecule has 10 rings (SSSR count). The highest BCUT2D eigenvalue weighted by Crippen LogP contribution is 2.49. The van der Waals surface area contributed by atoms with E-state index in [4.69, 9.17) is 0 Å². The summed E-state index contributed by atoms with van der Waals surface area (Å²) in [6.07, 6.45) is 0. The van der Waals surface area contributed by atoms with Crippen molar-refractivity contribution in [1.82, 2.24) is 4.57 Å². The molecule has 0 aliphatic heterocycles. The second-order valence-corrected chi connectivity index (χ2v) is 13.7. The largest absolute Gasteiger partial charge is 0.309 e. The average Bonchev–Trinajstić information content (AvgIpc) is 3.59. The van der Waals surface area contributed by atoms with Crippen LogP contribution in [0.5, 0.6) is 0 Å². The van der Waals surface area contributed by atoms with E-state index in [0.29, 0.717) is 0 Å². The highest BCUT2D eigenvalue weighted by molar-refractivity contribution is 6.18. The van der Waals surface area contributed by atoms with Gasteiger partial charge in [-0.3, -0.25) is 0 Å². The molecule has 0 unspecified atom stereocenters. The van der Waals surface area contributed by atoms with Crippen molar-refractivity contribution in [2.75, 3.05) is 4.90 Å². The van der Waals surface area contributed by atoms with Gasteiger partial charge < -0.3 is 9.47 Å². The van der Waals surface area contributed by atoms with Gasteiger partial charge in [0.1, 0.15) is 0 Å². The summed E-state index contributed by atoms with van der Waals surface area (Å²) in [6, 6.07) is 78.9. The summed E-state index contributed by atoms with van der Waals surface area (Å²) in [4.78, 5) is 2.50. The summed E-state index contributed by atoms with van der Waals surface area (Å²) < 4.78 is 2.45. The quantitative estimate of drug-likeness (QED) is 0.162. The SMILES string of the molecule is c1ccc(-c2ccccc2N(c2ccccc2-c2cccc3ccccc23)c2cccc3c2c2ccccc2n3-c2ccccc2-c2ccccc2)cc1. The van der Waals surface area contributed by atoms with Crippen LogP contribution in [0.3, 0.4) is 0 Å². The van der Waals surface area contributed by atoms with Crippen molar-refractivity contribution < 1.29 is 0 Å².